The zero-order chi connectivity index (χ0) is 28.9. The normalized spacial score (nSPS) is 21.3. The van der Waals surface area contributed by atoms with Crippen LogP contribution in [0.15, 0.2) is 42.9 Å². The van der Waals surface area contributed by atoms with Gasteiger partial charge in [0.05, 0.1) is 29.6 Å². The van der Waals surface area contributed by atoms with Gasteiger partial charge in [-0.2, -0.15) is 5.10 Å². The lowest BCUT2D eigenvalue weighted by Crippen LogP contribution is -2.64. The van der Waals surface area contributed by atoms with Gasteiger partial charge >= 0.3 is 0 Å². The number of hydrogen-bond acceptors (Lipinski definition) is 6. The van der Waals surface area contributed by atoms with Crippen LogP contribution in [0, 0.1) is 5.92 Å². The molecule has 12 heteroatoms. The fourth-order valence-corrected chi connectivity index (χ4v) is 6.56. The van der Waals surface area contributed by atoms with Crippen molar-refractivity contribution in [1.29, 1.82) is 0 Å². The molecule has 216 valence electrons. The number of aryl methyl sites for hydroxylation is 1. The molecule has 1 saturated heterocycles. The van der Waals surface area contributed by atoms with Gasteiger partial charge in [-0.15, -0.1) is 0 Å². The second-order valence-electron chi connectivity index (χ2n) is 11.2. The van der Waals surface area contributed by atoms with Crippen molar-refractivity contribution < 1.29 is 23.1 Å². The highest BCUT2D eigenvalue weighted by Crippen LogP contribution is 2.50. The Kier molecular flexibility index (Phi) is 7.09. The number of anilines is 2. The van der Waals surface area contributed by atoms with Crippen LogP contribution < -0.4 is 19.9 Å². The molecule has 1 spiro atoms. The number of amides is 2. The van der Waals surface area contributed by atoms with Crippen molar-refractivity contribution in [2.45, 2.75) is 43.6 Å². The quantitative estimate of drug-likeness (QED) is 0.439. The first-order valence-electron chi connectivity index (χ1n) is 13.7. The van der Waals surface area contributed by atoms with Crippen LogP contribution in [0.1, 0.15) is 53.7 Å². The van der Waals surface area contributed by atoms with Crippen LogP contribution in [0.3, 0.4) is 0 Å². The number of carbonyl (C=O) groups is 2. The number of methoxy groups -OCH3 is 1. The van der Waals surface area contributed by atoms with Crippen LogP contribution in [-0.4, -0.2) is 59.4 Å². The fraction of sp³-hybridized carbons (Fsp3) is 0.448. The second-order valence-corrected chi connectivity index (χ2v) is 11.6. The van der Waals surface area contributed by atoms with Crippen molar-refractivity contribution in [2.24, 2.45) is 13.0 Å². The van der Waals surface area contributed by atoms with Crippen molar-refractivity contribution in [3.05, 3.63) is 64.7 Å². The Morgan fingerprint density at radius 1 is 1.20 bits per heavy atom. The lowest BCUT2D eigenvalue weighted by Gasteiger charge is -2.47. The monoisotopic (exact) mass is 584 g/mol. The van der Waals surface area contributed by atoms with Gasteiger partial charge < -0.3 is 19.9 Å². The molecule has 9 nitrogen and oxygen atoms in total. The van der Waals surface area contributed by atoms with E-state index in [0.717, 1.165) is 41.7 Å². The van der Waals surface area contributed by atoms with E-state index in [1.54, 1.807) is 11.8 Å². The summed E-state index contributed by atoms with van der Waals surface area (Å²) in [6.45, 7) is 1.74. The number of halogens is 3. The summed E-state index contributed by atoms with van der Waals surface area (Å²) in [5.41, 5.74) is 1.51. The van der Waals surface area contributed by atoms with Crippen LogP contribution in [0.2, 0.25) is 5.02 Å². The zero-order valence-electron chi connectivity index (χ0n) is 22.8. The number of rotatable bonds is 7. The molecule has 4 heterocycles. The molecular formula is C29H31ClF2N6O3. The van der Waals surface area contributed by atoms with E-state index in [9.17, 15) is 18.4 Å². The van der Waals surface area contributed by atoms with Gasteiger partial charge in [-0.1, -0.05) is 11.6 Å². The van der Waals surface area contributed by atoms with Gasteiger partial charge in [0.2, 0.25) is 5.91 Å². The standard InChI is InChI=1S/C29H31ClF2N6O3/c1-36-14-20(12-34-36)37-15-29(16-37)23-10-21(41-2)7-8-24(23)38(28(29)40)13-17-3-5-19(6-4-17)35-27(39)22-9-18(30)11-33-25(22)26(31)32/h7-12,14,17,19,26H,3-6,13,15-16H2,1-2H3,(H,35,39)/t17-,19-. The number of hydrogen-bond donors (Lipinski definition) is 1. The number of carbonyl (C=O) groups excluding carboxylic acids is 2. The highest BCUT2D eigenvalue weighted by atomic mass is 35.5. The summed E-state index contributed by atoms with van der Waals surface area (Å²) in [4.78, 5) is 34.6. The van der Waals surface area contributed by atoms with Crippen molar-refractivity contribution in [3.63, 3.8) is 0 Å². The average molecular weight is 585 g/mol. The maximum absolute atomic E-state index is 14.0. The maximum Gasteiger partial charge on any atom is 0.281 e. The van der Waals surface area contributed by atoms with Crippen LogP contribution in [0.25, 0.3) is 0 Å². The molecule has 6 rings (SSSR count). The molecule has 1 N–H and O–H groups in total. The van der Waals surface area contributed by atoms with Gasteiger partial charge in [-0.05, 0) is 61.4 Å². The molecule has 1 saturated carbocycles. The first-order chi connectivity index (χ1) is 19.7. The first-order valence-corrected chi connectivity index (χ1v) is 14.0. The molecule has 1 aliphatic carbocycles. The summed E-state index contributed by atoms with van der Waals surface area (Å²) < 4.78 is 34.0. The number of ether oxygens (including phenoxy) is 1. The molecule has 0 atom stereocenters. The largest absolute Gasteiger partial charge is 0.497 e. The van der Waals surface area contributed by atoms with Gasteiger partial charge in [-0.25, -0.2) is 8.78 Å². The lowest BCUT2D eigenvalue weighted by atomic mass is 9.74. The summed E-state index contributed by atoms with van der Waals surface area (Å²) in [5, 5.41) is 7.28. The predicted octanol–water partition coefficient (Wildman–Crippen LogP) is 4.51. The zero-order valence-corrected chi connectivity index (χ0v) is 23.6. The van der Waals surface area contributed by atoms with E-state index in [-0.39, 0.29) is 28.5 Å². The minimum atomic E-state index is -2.88. The van der Waals surface area contributed by atoms with Gasteiger partial charge in [0.1, 0.15) is 16.9 Å². The molecule has 2 fully saturated rings. The van der Waals surface area contributed by atoms with Gasteiger partial charge in [0.15, 0.2) is 0 Å². The van der Waals surface area contributed by atoms with Crippen LogP contribution in [0.5, 0.6) is 5.75 Å². The first kappa shape index (κ1) is 27.4. The highest BCUT2D eigenvalue weighted by molar-refractivity contribution is 6.30. The molecule has 2 amide bonds. The molecule has 1 aromatic carbocycles. The molecule has 2 aliphatic heterocycles. The van der Waals surface area contributed by atoms with E-state index in [1.807, 2.05) is 42.5 Å². The van der Waals surface area contributed by atoms with E-state index < -0.39 is 23.4 Å². The number of nitrogens with zero attached hydrogens (tertiary/aromatic N) is 5. The van der Waals surface area contributed by atoms with Crippen LogP contribution in [0.4, 0.5) is 20.2 Å². The summed E-state index contributed by atoms with van der Waals surface area (Å²) in [6, 6.07) is 6.92. The number of fused-ring (bicyclic) bond motifs is 2. The van der Waals surface area contributed by atoms with Crippen molar-refractivity contribution in [1.82, 2.24) is 20.1 Å². The maximum atomic E-state index is 14.0. The molecular weight excluding hydrogens is 554 g/mol. The van der Waals surface area contributed by atoms with E-state index in [4.69, 9.17) is 16.3 Å². The third kappa shape index (κ3) is 4.90. The summed E-state index contributed by atoms with van der Waals surface area (Å²) in [5.74, 6) is 0.473. The number of aromatic nitrogens is 3. The minimum absolute atomic E-state index is 0.101. The summed E-state index contributed by atoms with van der Waals surface area (Å²) in [6.07, 6.45) is 4.96. The number of alkyl halides is 2. The molecule has 41 heavy (non-hydrogen) atoms. The smallest absolute Gasteiger partial charge is 0.281 e. The number of pyridine rings is 1. The third-order valence-corrected chi connectivity index (χ3v) is 8.81. The van der Waals surface area contributed by atoms with Crippen molar-refractivity contribution in [2.75, 3.05) is 36.5 Å². The Hall–Kier alpha value is -3.73. The molecule has 0 bridgehead atoms. The third-order valence-electron chi connectivity index (χ3n) is 8.60. The predicted molar refractivity (Wildman–Crippen MR) is 150 cm³/mol. The summed E-state index contributed by atoms with van der Waals surface area (Å²) >= 11 is 5.91. The van der Waals surface area contributed by atoms with Gasteiger partial charge in [0, 0.05) is 50.8 Å². The van der Waals surface area contributed by atoms with Crippen LogP contribution in [-0.2, 0) is 17.3 Å². The SMILES string of the molecule is COc1ccc2c(c1)C1(CN(c3cnn(C)c3)C1)C(=O)N2C[C@H]1CC[C@H](NC(=O)c2cc(Cl)cnc2C(F)F)CC1. The number of benzene rings is 1. The Bertz CT molecular complexity index is 1480. The number of nitrogens with one attached hydrogen (secondary N) is 1. The lowest BCUT2D eigenvalue weighted by molar-refractivity contribution is -0.124. The van der Waals surface area contributed by atoms with E-state index in [1.165, 1.54) is 6.07 Å². The molecule has 0 radical (unpaired) electrons. The summed E-state index contributed by atoms with van der Waals surface area (Å²) in [7, 11) is 3.50. The van der Waals surface area contributed by atoms with E-state index >= 15 is 0 Å². The minimum Gasteiger partial charge on any atom is -0.497 e. The highest BCUT2D eigenvalue weighted by Gasteiger charge is 2.58. The second kappa shape index (κ2) is 10.6. The molecule has 3 aliphatic rings. The van der Waals surface area contributed by atoms with Gasteiger partial charge in [-0.3, -0.25) is 19.3 Å². The fourth-order valence-electron chi connectivity index (χ4n) is 6.41. The molecule has 3 aromatic rings. The Morgan fingerprint density at radius 3 is 2.61 bits per heavy atom. The Morgan fingerprint density at radius 2 is 1.95 bits per heavy atom. The van der Waals surface area contributed by atoms with Crippen molar-refractivity contribution in [3.8, 4) is 5.75 Å². The average Bonchev–Trinajstić information content (AvgIpc) is 3.46. The topological polar surface area (TPSA) is 92.6 Å². The molecule has 0 unspecified atom stereocenters. The van der Waals surface area contributed by atoms with E-state index in [0.29, 0.717) is 32.5 Å². The Labute approximate surface area is 241 Å². The van der Waals surface area contributed by atoms with Crippen molar-refractivity contribution >= 4 is 34.8 Å². The molecule has 2 aromatic heterocycles. The Balaban J connectivity index is 1.12. The van der Waals surface area contributed by atoms with E-state index in [2.05, 4.69) is 20.3 Å². The van der Waals surface area contributed by atoms with Crippen LogP contribution >= 0.6 is 11.6 Å². The van der Waals surface area contributed by atoms with Gasteiger partial charge in [0.25, 0.3) is 12.3 Å².